The van der Waals surface area contributed by atoms with E-state index in [-0.39, 0.29) is 0 Å². The fraction of sp³-hybridized carbons (Fsp3) is 0.357. The van der Waals surface area contributed by atoms with Gasteiger partial charge in [-0.1, -0.05) is 18.2 Å². The SMILES string of the molecule is NCc1cccc2c(N3CCCC3)ccnc12. The van der Waals surface area contributed by atoms with Crippen molar-refractivity contribution in [1.82, 2.24) is 4.98 Å². The molecule has 2 heterocycles. The Hall–Kier alpha value is -1.61. The van der Waals surface area contributed by atoms with E-state index in [1.165, 1.54) is 23.9 Å². The number of rotatable bonds is 2. The van der Waals surface area contributed by atoms with Crippen molar-refractivity contribution in [2.24, 2.45) is 5.73 Å². The van der Waals surface area contributed by atoms with E-state index in [2.05, 4.69) is 34.1 Å². The van der Waals surface area contributed by atoms with E-state index < -0.39 is 0 Å². The highest BCUT2D eigenvalue weighted by Gasteiger charge is 2.15. The maximum Gasteiger partial charge on any atom is 0.0767 e. The van der Waals surface area contributed by atoms with Gasteiger partial charge in [-0.25, -0.2) is 0 Å². The Morgan fingerprint density at radius 2 is 2.00 bits per heavy atom. The van der Waals surface area contributed by atoms with Crippen LogP contribution in [0.5, 0.6) is 0 Å². The van der Waals surface area contributed by atoms with E-state index in [1.807, 2.05) is 6.20 Å². The molecule has 17 heavy (non-hydrogen) atoms. The van der Waals surface area contributed by atoms with Crippen LogP contribution >= 0.6 is 0 Å². The molecule has 1 aliphatic rings. The molecule has 2 N–H and O–H groups in total. The molecule has 3 nitrogen and oxygen atoms in total. The van der Waals surface area contributed by atoms with Gasteiger partial charge in [-0.3, -0.25) is 4.98 Å². The van der Waals surface area contributed by atoms with E-state index in [0.717, 1.165) is 24.2 Å². The first-order chi connectivity index (χ1) is 8.40. The summed E-state index contributed by atoms with van der Waals surface area (Å²) >= 11 is 0. The van der Waals surface area contributed by atoms with E-state index in [0.29, 0.717) is 6.54 Å². The van der Waals surface area contributed by atoms with Crippen molar-refractivity contribution >= 4 is 16.6 Å². The van der Waals surface area contributed by atoms with E-state index in [1.54, 1.807) is 0 Å². The number of benzene rings is 1. The van der Waals surface area contributed by atoms with Crippen LogP contribution in [0.25, 0.3) is 10.9 Å². The van der Waals surface area contributed by atoms with Crippen molar-refractivity contribution in [3.05, 3.63) is 36.0 Å². The highest BCUT2D eigenvalue weighted by Crippen LogP contribution is 2.29. The van der Waals surface area contributed by atoms with E-state index >= 15 is 0 Å². The van der Waals surface area contributed by atoms with E-state index in [4.69, 9.17) is 5.73 Å². The molecule has 1 aromatic heterocycles. The summed E-state index contributed by atoms with van der Waals surface area (Å²) in [6, 6.07) is 8.40. The molecule has 0 atom stereocenters. The zero-order valence-corrected chi connectivity index (χ0v) is 9.89. The van der Waals surface area contributed by atoms with E-state index in [9.17, 15) is 0 Å². The molecular weight excluding hydrogens is 210 g/mol. The summed E-state index contributed by atoms with van der Waals surface area (Å²) in [4.78, 5) is 6.93. The molecule has 0 aliphatic carbocycles. The molecule has 2 aromatic rings. The summed E-state index contributed by atoms with van der Waals surface area (Å²) in [6.45, 7) is 2.87. The van der Waals surface area contributed by atoms with Gasteiger partial charge in [0.2, 0.25) is 0 Å². The minimum absolute atomic E-state index is 0.549. The van der Waals surface area contributed by atoms with Gasteiger partial charge >= 0.3 is 0 Å². The molecule has 0 unspecified atom stereocenters. The summed E-state index contributed by atoms with van der Waals surface area (Å²) in [5.74, 6) is 0. The molecule has 1 aliphatic heterocycles. The first kappa shape index (κ1) is 10.5. The van der Waals surface area contributed by atoms with Crippen LogP contribution in [0.15, 0.2) is 30.5 Å². The van der Waals surface area contributed by atoms with Gasteiger partial charge in [-0.2, -0.15) is 0 Å². The van der Waals surface area contributed by atoms with Crippen LogP contribution in [0.1, 0.15) is 18.4 Å². The molecule has 3 rings (SSSR count). The summed E-state index contributed by atoms with van der Waals surface area (Å²) in [5, 5.41) is 1.23. The quantitative estimate of drug-likeness (QED) is 0.856. The van der Waals surface area contributed by atoms with Crippen LogP contribution in [0, 0.1) is 0 Å². The van der Waals surface area contributed by atoms with Crippen LogP contribution in [0.2, 0.25) is 0 Å². The number of anilines is 1. The first-order valence-electron chi connectivity index (χ1n) is 6.22. The van der Waals surface area contributed by atoms with Crippen molar-refractivity contribution in [3.8, 4) is 0 Å². The van der Waals surface area contributed by atoms with Gasteiger partial charge in [0, 0.05) is 36.9 Å². The highest BCUT2D eigenvalue weighted by atomic mass is 15.1. The Morgan fingerprint density at radius 1 is 1.18 bits per heavy atom. The Morgan fingerprint density at radius 3 is 2.76 bits per heavy atom. The fourth-order valence-corrected chi connectivity index (χ4v) is 2.62. The maximum atomic E-state index is 5.77. The third kappa shape index (κ3) is 1.76. The zero-order valence-electron chi connectivity index (χ0n) is 9.89. The average Bonchev–Trinajstić information content (AvgIpc) is 2.91. The molecule has 1 saturated heterocycles. The molecular formula is C14H17N3. The second kappa shape index (κ2) is 4.34. The molecule has 1 aromatic carbocycles. The van der Waals surface area contributed by atoms with Crippen LogP contribution in [0.3, 0.4) is 0 Å². The average molecular weight is 227 g/mol. The lowest BCUT2D eigenvalue weighted by atomic mass is 10.1. The fourth-order valence-electron chi connectivity index (χ4n) is 2.62. The first-order valence-corrected chi connectivity index (χ1v) is 6.22. The second-order valence-corrected chi connectivity index (χ2v) is 4.54. The van der Waals surface area contributed by atoms with Gasteiger partial charge in [0.05, 0.1) is 5.52 Å². The Bertz CT molecular complexity index is 530. The third-order valence-electron chi connectivity index (χ3n) is 3.50. The number of hydrogen-bond donors (Lipinski definition) is 1. The maximum absolute atomic E-state index is 5.77. The molecule has 0 spiro atoms. The lowest BCUT2D eigenvalue weighted by molar-refractivity contribution is 0.949. The number of para-hydroxylation sites is 1. The molecule has 0 radical (unpaired) electrons. The second-order valence-electron chi connectivity index (χ2n) is 4.54. The smallest absolute Gasteiger partial charge is 0.0767 e. The molecule has 88 valence electrons. The Kier molecular flexibility index (Phi) is 2.69. The summed E-state index contributed by atoms with van der Waals surface area (Å²) in [5.41, 5.74) is 9.26. The number of hydrogen-bond acceptors (Lipinski definition) is 3. The summed E-state index contributed by atoms with van der Waals surface area (Å²) < 4.78 is 0. The van der Waals surface area contributed by atoms with Gasteiger partial charge in [0.15, 0.2) is 0 Å². The van der Waals surface area contributed by atoms with Crippen LogP contribution < -0.4 is 10.6 Å². The normalized spacial score (nSPS) is 15.7. The van der Waals surface area contributed by atoms with Crippen molar-refractivity contribution in [2.45, 2.75) is 19.4 Å². The Labute approximate surface area is 101 Å². The van der Waals surface area contributed by atoms with Crippen molar-refractivity contribution in [3.63, 3.8) is 0 Å². The number of fused-ring (bicyclic) bond motifs is 1. The Balaban J connectivity index is 2.18. The highest BCUT2D eigenvalue weighted by molar-refractivity contribution is 5.93. The summed E-state index contributed by atoms with van der Waals surface area (Å²) in [6.07, 6.45) is 4.48. The molecule has 0 saturated carbocycles. The van der Waals surface area contributed by atoms with Crippen molar-refractivity contribution in [2.75, 3.05) is 18.0 Å². The van der Waals surface area contributed by atoms with Gasteiger partial charge in [-0.05, 0) is 24.5 Å². The number of nitrogens with two attached hydrogens (primary N) is 1. The van der Waals surface area contributed by atoms with Gasteiger partial charge in [0.25, 0.3) is 0 Å². The lowest BCUT2D eigenvalue weighted by Crippen LogP contribution is -2.18. The van der Waals surface area contributed by atoms with Crippen LogP contribution in [-0.4, -0.2) is 18.1 Å². The van der Waals surface area contributed by atoms with Crippen LogP contribution in [-0.2, 0) is 6.54 Å². The number of aromatic nitrogens is 1. The lowest BCUT2D eigenvalue weighted by Gasteiger charge is -2.20. The van der Waals surface area contributed by atoms with Crippen LogP contribution in [0.4, 0.5) is 5.69 Å². The summed E-state index contributed by atoms with van der Waals surface area (Å²) in [7, 11) is 0. The minimum atomic E-state index is 0.549. The van der Waals surface area contributed by atoms with Gasteiger partial charge in [-0.15, -0.1) is 0 Å². The molecule has 0 bridgehead atoms. The minimum Gasteiger partial charge on any atom is -0.371 e. The number of nitrogens with zero attached hydrogens (tertiary/aromatic N) is 2. The predicted molar refractivity (Wildman–Crippen MR) is 71.1 cm³/mol. The third-order valence-corrected chi connectivity index (χ3v) is 3.50. The predicted octanol–water partition coefficient (Wildman–Crippen LogP) is 2.29. The van der Waals surface area contributed by atoms with Crippen molar-refractivity contribution in [1.29, 1.82) is 0 Å². The molecule has 1 fully saturated rings. The van der Waals surface area contributed by atoms with Gasteiger partial charge in [0.1, 0.15) is 0 Å². The van der Waals surface area contributed by atoms with Crippen molar-refractivity contribution < 1.29 is 0 Å². The number of pyridine rings is 1. The monoisotopic (exact) mass is 227 g/mol. The standard InChI is InChI=1S/C14H17N3/c15-10-11-4-3-5-12-13(6-7-16-14(11)12)17-8-1-2-9-17/h3-7H,1-2,8-10,15H2. The zero-order chi connectivity index (χ0) is 11.7. The molecule has 3 heteroatoms. The largest absolute Gasteiger partial charge is 0.371 e. The molecule has 0 amide bonds. The van der Waals surface area contributed by atoms with Gasteiger partial charge < -0.3 is 10.6 Å². The topological polar surface area (TPSA) is 42.1 Å².